The molecule has 0 spiro atoms. The Morgan fingerprint density at radius 1 is 1.28 bits per heavy atom. The number of aryl methyl sites for hydroxylation is 1. The summed E-state index contributed by atoms with van der Waals surface area (Å²) in [5.41, 5.74) is 0.801. The van der Waals surface area contributed by atoms with Crippen LogP contribution >= 0.6 is 0 Å². The summed E-state index contributed by atoms with van der Waals surface area (Å²) in [6.45, 7) is 1.71. The molecule has 0 amide bonds. The molecule has 7 nitrogen and oxygen atoms in total. The number of nitriles is 1. The molecule has 1 aromatic carbocycles. The lowest BCUT2D eigenvalue weighted by Crippen LogP contribution is -2.15. The molecule has 2 heterocycles. The largest absolute Gasteiger partial charge is 0.493 e. The van der Waals surface area contributed by atoms with E-state index in [0.717, 1.165) is 0 Å². The molecule has 0 radical (unpaired) electrons. The van der Waals surface area contributed by atoms with Gasteiger partial charge < -0.3 is 18.9 Å². The summed E-state index contributed by atoms with van der Waals surface area (Å²) in [5.74, 6) is 0.821. The third kappa shape index (κ3) is 2.54. The predicted octanol–water partition coefficient (Wildman–Crippen LogP) is 2.46. The Labute approximate surface area is 142 Å². The molecule has 0 saturated heterocycles. The van der Waals surface area contributed by atoms with E-state index in [1.807, 2.05) is 6.07 Å². The van der Waals surface area contributed by atoms with Crippen LogP contribution in [0.1, 0.15) is 11.3 Å². The Hall–Kier alpha value is -3.53. The Morgan fingerprint density at radius 3 is 2.68 bits per heavy atom. The van der Waals surface area contributed by atoms with Gasteiger partial charge in [-0.25, -0.2) is 0 Å². The number of nitrogens with zero attached hydrogens (tertiary/aromatic N) is 1. The van der Waals surface area contributed by atoms with Crippen LogP contribution in [0, 0.1) is 23.7 Å². The maximum absolute atomic E-state index is 12.6. The summed E-state index contributed by atoms with van der Waals surface area (Å²) < 4.78 is 16.1. The molecule has 0 unspecified atom stereocenters. The van der Waals surface area contributed by atoms with E-state index in [1.54, 1.807) is 31.2 Å². The molecule has 25 heavy (non-hydrogen) atoms. The number of H-pyrrole nitrogens is 1. The minimum atomic E-state index is -0.407. The highest BCUT2D eigenvalue weighted by Gasteiger charge is 2.22. The fourth-order valence-electron chi connectivity index (χ4n) is 2.84. The Kier molecular flexibility index (Phi) is 4.03. The van der Waals surface area contributed by atoms with Gasteiger partial charge in [-0.1, -0.05) is 12.1 Å². The molecule has 0 aliphatic heterocycles. The molecule has 126 valence electrons. The van der Waals surface area contributed by atoms with E-state index in [9.17, 15) is 10.1 Å². The van der Waals surface area contributed by atoms with Crippen LogP contribution < -0.4 is 20.6 Å². The van der Waals surface area contributed by atoms with Crippen LogP contribution in [0.25, 0.3) is 22.1 Å². The molecule has 0 saturated carbocycles. The van der Waals surface area contributed by atoms with Crippen LogP contribution in [0.2, 0.25) is 0 Å². The summed E-state index contributed by atoms with van der Waals surface area (Å²) >= 11 is 0. The highest BCUT2D eigenvalue weighted by Crippen LogP contribution is 2.40. The normalized spacial score (nSPS) is 10.5. The van der Waals surface area contributed by atoms with E-state index in [1.165, 1.54) is 14.2 Å². The molecular weight excluding hydrogens is 322 g/mol. The molecular formula is C18H15N3O4. The predicted molar refractivity (Wildman–Crippen MR) is 90.7 cm³/mol. The molecule has 0 bridgehead atoms. The number of fused-ring (bicyclic) bond motifs is 1. The van der Waals surface area contributed by atoms with E-state index in [0.29, 0.717) is 22.8 Å². The van der Waals surface area contributed by atoms with Gasteiger partial charge in [-0.3, -0.25) is 10.2 Å². The van der Waals surface area contributed by atoms with Crippen molar-refractivity contribution in [1.82, 2.24) is 4.98 Å². The van der Waals surface area contributed by atoms with Crippen molar-refractivity contribution in [3.63, 3.8) is 0 Å². The van der Waals surface area contributed by atoms with Gasteiger partial charge in [-0.2, -0.15) is 5.26 Å². The third-order valence-corrected chi connectivity index (χ3v) is 3.85. The van der Waals surface area contributed by atoms with E-state index in [2.05, 4.69) is 4.98 Å². The lowest BCUT2D eigenvalue weighted by Gasteiger charge is -2.15. The Bertz CT molecular complexity index is 1140. The standard InChI is InChI=1S/C18H15N3O4/c1-9-7-13-15(18(22)21-9)14(11(8-19)17(20)25-13)10-5-4-6-12(23-2)16(10)24-3/h4-7,20H,1-3H3,(H,21,22). The minimum Gasteiger partial charge on any atom is -0.493 e. The van der Waals surface area contributed by atoms with Crippen LogP contribution in [0.4, 0.5) is 0 Å². The van der Waals surface area contributed by atoms with Crippen molar-refractivity contribution >= 4 is 11.0 Å². The fourth-order valence-corrected chi connectivity index (χ4v) is 2.84. The van der Waals surface area contributed by atoms with Gasteiger partial charge in [-0.15, -0.1) is 0 Å². The van der Waals surface area contributed by atoms with Gasteiger partial charge in [0.05, 0.1) is 19.6 Å². The van der Waals surface area contributed by atoms with Crippen molar-refractivity contribution in [2.75, 3.05) is 14.2 Å². The van der Waals surface area contributed by atoms with Crippen molar-refractivity contribution in [2.24, 2.45) is 0 Å². The number of nitrogens with one attached hydrogen (secondary N) is 2. The molecule has 3 aromatic rings. The Balaban J connectivity index is 2.59. The number of hydrogen-bond acceptors (Lipinski definition) is 6. The van der Waals surface area contributed by atoms with Crippen LogP contribution in [-0.4, -0.2) is 19.2 Å². The number of aromatic nitrogens is 1. The van der Waals surface area contributed by atoms with E-state index in [-0.39, 0.29) is 27.7 Å². The number of methoxy groups -OCH3 is 2. The molecule has 7 heteroatoms. The number of rotatable bonds is 3. The summed E-state index contributed by atoms with van der Waals surface area (Å²) in [4.78, 5) is 15.3. The number of aromatic amines is 1. The summed E-state index contributed by atoms with van der Waals surface area (Å²) in [5, 5.41) is 17.8. The molecule has 0 fully saturated rings. The molecule has 0 atom stereocenters. The van der Waals surface area contributed by atoms with E-state index >= 15 is 0 Å². The van der Waals surface area contributed by atoms with Crippen LogP contribution in [0.5, 0.6) is 11.5 Å². The number of pyridine rings is 1. The van der Waals surface area contributed by atoms with Crippen molar-refractivity contribution in [1.29, 1.82) is 10.7 Å². The maximum Gasteiger partial charge on any atom is 0.259 e. The zero-order valence-electron chi connectivity index (χ0n) is 13.9. The fraction of sp³-hybridized carbons (Fsp3) is 0.167. The number of para-hydroxylation sites is 1. The van der Waals surface area contributed by atoms with Crippen molar-refractivity contribution in [3.05, 3.63) is 51.4 Å². The zero-order valence-corrected chi connectivity index (χ0v) is 13.9. The first-order valence-electron chi connectivity index (χ1n) is 7.38. The summed E-state index contributed by atoms with van der Waals surface area (Å²) in [6.07, 6.45) is 0. The van der Waals surface area contributed by atoms with Gasteiger partial charge in [0.25, 0.3) is 5.56 Å². The highest BCUT2D eigenvalue weighted by molar-refractivity contribution is 5.97. The van der Waals surface area contributed by atoms with Crippen molar-refractivity contribution < 1.29 is 13.9 Å². The smallest absolute Gasteiger partial charge is 0.259 e. The van der Waals surface area contributed by atoms with E-state index < -0.39 is 5.56 Å². The van der Waals surface area contributed by atoms with Gasteiger partial charge in [0.15, 0.2) is 11.5 Å². The number of benzene rings is 1. The number of hydrogen-bond donors (Lipinski definition) is 2. The third-order valence-electron chi connectivity index (χ3n) is 3.85. The molecule has 0 aliphatic carbocycles. The molecule has 2 N–H and O–H groups in total. The first kappa shape index (κ1) is 16.3. The van der Waals surface area contributed by atoms with E-state index in [4.69, 9.17) is 19.3 Å². The minimum absolute atomic E-state index is 0.0478. The summed E-state index contributed by atoms with van der Waals surface area (Å²) in [7, 11) is 2.97. The van der Waals surface area contributed by atoms with Gasteiger partial charge in [-0.05, 0) is 13.0 Å². The monoisotopic (exact) mass is 337 g/mol. The summed E-state index contributed by atoms with van der Waals surface area (Å²) in [6, 6.07) is 8.71. The van der Waals surface area contributed by atoms with Crippen molar-refractivity contribution in [3.8, 4) is 28.7 Å². The first-order chi connectivity index (χ1) is 12.0. The number of ether oxygens (including phenoxy) is 2. The van der Waals surface area contributed by atoms with Crippen LogP contribution in [0.3, 0.4) is 0 Å². The van der Waals surface area contributed by atoms with Crippen molar-refractivity contribution in [2.45, 2.75) is 6.92 Å². The van der Waals surface area contributed by atoms with Crippen LogP contribution in [0.15, 0.2) is 33.5 Å². The lowest BCUT2D eigenvalue weighted by molar-refractivity contribution is 0.356. The van der Waals surface area contributed by atoms with Gasteiger partial charge >= 0.3 is 0 Å². The van der Waals surface area contributed by atoms with Gasteiger partial charge in [0.2, 0.25) is 5.55 Å². The molecule has 2 aromatic heterocycles. The topological polar surface area (TPSA) is 112 Å². The van der Waals surface area contributed by atoms with Crippen LogP contribution in [-0.2, 0) is 0 Å². The molecule has 0 aliphatic rings. The Morgan fingerprint density at radius 2 is 2.04 bits per heavy atom. The first-order valence-corrected chi connectivity index (χ1v) is 7.38. The zero-order chi connectivity index (χ0) is 18.1. The van der Waals surface area contributed by atoms with Gasteiger partial charge in [0.1, 0.15) is 17.2 Å². The maximum atomic E-state index is 12.6. The quantitative estimate of drug-likeness (QED) is 0.762. The molecule has 3 rings (SSSR count). The average Bonchev–Trinajstić information content (AvgIpc) is 2.59. The average molecular weight is 337 g/mol. The highest BCUT2D eigenvalue weighted by atomic mass is 16.5. The second-order valence-corrected chi connectivity index (χ2v) is 5.35. The van der Waals surface area contributed by atoms with Gasteiger partial charge in [0, 0.05) is 22.9 Å². The SMILES string of the molecule is COc1cccc(-c2c(C#N)c(=N)oc3cc(C)[nH]c(=O)c23)c1OC. The second kappa shape index (κ2) is 6.17. The lowest BCUT2D eigenvalue weighted by atomic mass is 9.97. The second-order valence-electron chi connectivity index (χ2n) is 5.35.